The third-order valence-electron chi connectivity index (χ3n) is 3.23. The Labute approximate surface area is 145 Å². The van der Waals surface area contributed by atoms with Gasteiger partial charge in [0.25, 0.3) is 0 Å². The Kier molecular flexibility index (Phi) is 5.89. The lowest BCUT2D eigenvalue weighted by atomic mass is 10.1. The van der Waals surface area contributed by atoms with E-state index in [9.17, 15) is 9.90 Å². The number of nitrogens with one attached hydrogen (secondary N) is 1. The summed E-state index contributed by atoms with van der Waals surface area (Å²) >= 11 is 0. The minimum absolute atomic E-state index is 0.314. The van der Waals surface area contributed by atoms with E-state index in [-0.39, 0.29) is 0 Å². The zero-order chi connectivity index (χ0) is 18.4. The van der Waals surface area contributed by atoms with E-state index in [4.69, 9.17) is 9.47 Å². The van der Waals surface area contributed by atoms with Crippen molar-refractivity contribution in [1.82, 2.24) is 9.97 Å². The molecule has 132 valence electrons. The van der Waals surface area contributed by atoms with Crippen LogP contribution in [0.5, 0.6) is 11.5 Å². The van der Waals surface area contributed by atoms with E-state index in [1.165, 1.54) is 7.11 Å². The maximum Gasteiger partial charge on any atom is 0.243 e. The lowest BCUT2D eigenvalue weighted by Crippen LogP contribution is -2.29. The normalized spacial score (nSPS) is 11.1. The molecule has 1 N–H and O–H groups in total. The van der Waals surface area contributed by atoms with Gasteiger partial charge in [-0.25, -0.2) is 15.4 Å². The van der Waals surface area contributed by atoms with Gasteiger partial charge >= 0.3 is 0 Å². The number of anilines is 1. The van der Waals surface area contributed by atoms with E-state index < -0.39 is 12.6 Å². The van der Waals surface area contributed by atoms with Crippen molar-refractivity contribution >= 4 is 17.6 Å². The van der Waals surface area contributed by atoms with E-state index >= 15 is 0 Å². The smallest absolute Gasteiger partial charge is 0.243 e. The second-order valence-corrected chi connectivity index (χ2v) is 5.31. The summed E-state index contributed by atoms with van der Waals surface area (Å²) in [5, 5.41) is 14.8. The highest BCUT2D eigenvalue weighted by Crippen LogP contribution is 2.28. The first kappa shape index (κ1) is 18.2. The Morgan fingerprint density at radius 3 is 2.48 bits per heavy atom. The number of benzene rings is 1. The number of aliphatic carboxylic acids is 1. The molecule has 1 heterocycles. The molecular weight excluding hydrogens is 324 g/mol. The zero-order valence-electron chi connectivity index (χ0n) is 14.5. The van der Waals surface area contributed by atoms with Gasteiger partial charge in [0.2, 0.25) is 5.95 Å². The van der Waals surface area contributed by atoms with Crippen molar-refractivity contribution < 1.29 is 19.4 Å². The second kappa shape index (κ2) is 8.09. The summed E-state index contributed by atoms with van der Waals surface area (Å²) in [6.07, 6.45) is 0. The number of aryl methyl sites for hydroxylation is 2. The van der Waals surface area contributed by atoms with E-state index in [0.29, 0.717) is 23.2 Å². The predicted octanol–water partition coefficient (Wildman–Crippen LogP) is 1.07. The Morgan fingerprint density at radius 1 is 1.20 bits per heavy atom. The predicted molar refractivity (Wildman–Crippen MR) is 90.8 cm³/mol. The number of hydrogen-bond donors (Lipinski definition) is 1. The third-order valence-corrected chi connectivity index (χ3v) is 3.23. The van der Waals surface area contributed by atoms with Crippen LogP contribution in [0, 0.1) is 13.8 Å². The minimum Gasteiger partial charge on any atom is -0.546 e. The second-order valence-electron chi connectivity index (χ2n) is 5.31. The van der Waals surface area contributed by atoms with Gasteiger partial charge in [0.15, 0.2) is 11.5 Å². The zero-order valence-corrected chi connectivity index (χ0v) is 14.5. The first-order valence-electron chi connectivity index (χ1n) is 7.52. The first-order chi connectivity index (χ1) is 11.9. The highest BCUT2D eigenvalue weighted by atomic mass is 16.5. The number of carbonyl (C=O) groups is 1. The van der Waals surface area contributed by atoms with Crippen LogP contribution < -0.4 is 20.0 Å². The molecule has 8 heteroatoms. The van der Waals surface area contributed by atoms with E-state index in [0.717, 1.165) is 17.0 Å². The summed E-state index contributed by atoms with van der Waals surface area (Å²) in [7, 11) is 1.47. The van der Waals surface area contributed by atoms with Crippen molar-refractivity contribution in [2.45, 2.75) is 20.8 Å². The number of hydrazone groups is 1. The number of ether oxygens (including phenoxy) is 2. The van der Waals surface area contributed by atoms with Crippen molar-refractivity contribution in [2.75, 3.05) is 19.1 Å². The van der Waals surface area contributed by atoms with E-state index in [1.807, 2.05) is 26.8 Å². The molecule has 0 radical (unpaired) electrons. The van der Waals surface area contributed by atoms with Crippen LogP contribution in [0.25, 0.3) is 0 Å². The van der Waals surface area contributed by atoms with Gasteiger partial charge in [0.05, 0.1) is 18.8 Å². The van der Waals surface area contributed by atoms with Crippen LogP contribution in [-0.4, -0.2) is 35.4 Å². The molecular formula is C17H19N4O4-. The maximum atomic E-state index is 10.5. The van der Waals surface area contributed by atoms with Gasteiger partial charge in [0, 0.05) is 17.0 Å². The third kappa shape index (κ3) is 5.17. The molecule has 1 aromatic heterocycles. The standard InChI is InChI=1S/C17H20N4O4/c1-10-7-11(2)19-17(18-10)21-20-12(3)13-5-6-14(15(8-13)24-4)25-9-16(22)23/h5-8H,9H2,1-4H3,(H,22,23)(H,18,19,21)/p-1/b20-12-. The van der Waals surface area contributed by atoms with Crippen molar-refractivity contribution in [1.29, 1.82) is 0 Å². The molecule has 0 amide bonds. The quantitative estimate of drug-likeness (QED) is 0.591. The molecule has 2 rings (SSSR count). The number of carboxylic acids is 1. The number of methoxy groups -OCH3 is 1. The topological polar surface area (TPSA) is 109 Å². The summed E-state index contributed by atoms with van der Waals surface area (Å²) in [4.78, 5) is 19.0. The van der Waals surface area contributed by atoms with Gasteiger partial charge in [-0.3, -0.25) is 0 Å². The largest absolute Gasteiger partial charge is 0.546 e. The van der Waals surface area contributed by atoms with Crippen LogP contribution in [0.15, 0.2) is 29.4 Å². The molecule has 0 aliphatic heterocycles. The van der Waals surface area contributed by atoms with Crippen LogP contribution in [-0.2, 0) is 4.79 Å². The average Bonchev–Trinajstić information content (AvgIpc) is 2.56. The Bertz CT molecular complexity index is 785. The molecule has 0 spiro atoms. The van der Waals surface area contributed by atoms with Gasteiger partial charge in [-0.15, -0.1) is 0 Å². The number of hydrogen-bond acceptors (Lipinski definition) is 8. The summed E-state index contributed by atoms with van der Waals surface area (Å²) in [6.45, 7) is 5.03. The SMILES string of the molecule is COc1cc(/C(C)=N\Nc2nc(C)cc(C)n2)ccc1OCC(=O)[O-]. The van der Waals surface area contributed by atoms with Gasteiger partial charge in [-0.2, -0.15) is 5.10 Å². The molecule has 0 atom stereocenters. The molecule has 1 aromatic carbocycles. The molecule has 0 aliphatic rings. The van der Waals surface area contributed by atoms with Gasteiger partial charge < -0.3 is 19.4 Å². The summed E-state index contributed by atoms with van der Waals surface area (Å²) < 4.78 is 10.3. The molecule has 0 saturated heterocycles. The van der Waals surface area contributed by atoms with Crippen LogP contribution >= 0.6 is 0 Å². The molecule has 2 aromatic rings. The lowest BCUT2D eigenvalue weighted by molar-refractivity contribution is -0.307. The molecule has 25 heavy (non-hydrogen) atoms. The monoisotopic (exact) mass is 343 g/mol. The van der Waals surface area contributed by atoms with Crippen molar-refractivity contribution in [3.05, 3.63) is 41.2 Å². The molecule has 0 saturated carbocycles. The van der Waals surface area contributed by atoms with Crippen molar-refractivity contribution in [3.63, 3.8) is 0 Å². The van der Waals surface area contributed by atoms with Crippen LogP contribution in [0.4, 0.5) is 5.95 Å². The molecule has 0 bridgehead atoms. The van der Waals surface area contributed by atoms with Gasteiger partial charge in [0.1, 0.15) is 6.61 Å². The molecule has 0 aliphatic carbocycles. The van der Waals surface area contributed by atoms with E-state index in [2.05, 4.69) is 20.5 Å². The Hall–Kier alpha value is -3.16. The fourth-order valence-corrected chi connectivity index (χ4v) is 2.12. The lowest BCUT2D eigenvalue weighted by Gasteiger charge is -2.12. The molecule has 8 nitrogen and oxygen atoms in total. The number of carbonyl (C=O) groups excluding carboxylic acids is 1. The van der Waals surface area contributed by atoms with Crippen LogP contribution in [0.2, 0.25) is 0 Å². The van der Waals surface area contributed by atoms with Crippen LogP contribution in [0.1, 0.15) is 23.9 Å². The average molecular weight is 343 g/mol. The highest BCUT2D eigenvalue weighted by molar-refractivity contribution is 5.99. The number of nitrogens with zero attached hydrogens (tertiary/aromatic N) is 3. The summed E-state index contributed by atoms with van der Waals surface area (Å²) in [6, 6.07) is 6.94. The van der Waals surface area contributed by atoms with Crippen molar-refractivity contribution in [3.8, 4) is 11.5 Å². The summed E-state index contributed by atoms with van der Waals surface area (Å²) in [5.74, 6) is -0.177. The number of rotatable bonds is 7. The Morgan fingerprint density at radius 2 is 1.88 bits per heavy atom. The van der Waals surface area contributed by atoms with E-state index in [1.54, 1.807) is 18.2 Å². The maximum absolute atomic E-state index is 10.5. The molecule has 0 unspecified atom stereocenters. The van der Waals surface area contributed by atoms with Gasteiger partial charge in [-0.05, 0) is 45.0 Å². The fraction of sp³-hybridized carbons (Fsp3) is 0.294. The summed E-state index contributed by atoms with van der Waals surface area (Å²) in [5.41, 5.74) is 5.96. The van der Waals surface area contributed by atoms with Gasteiger partial charge in [-0.1, -0.05) is 0 Å². The molecule has 0 fully saturated rings. The van der Waals surface area contributed by atoms with Crippen LogP contribution in [0.3, 0.4) is 0 Å². The minimum atomic E-state index is -1.30. The Balaban J connectivity index is 2.17. The number of aromatic nitrogens is 2. The number of carboxylic acid groups (broad SMARTS) is 1. The fourth-order valence-electron chi connectivity index (χ4n) is 2.12. The highest BCUT2D eigenvalue weighted by Gasteiger charge is 2.08. The first-order valence-corrected chi connectivity index (χ1v) is 7.52. The van der Waals surface area contributed by atoms with Crippen molar-refractivity contribution in [2.24, 2.45) is 5.10 Å².